The monoisotopic (exact) mass is 175 g/mol. The largest absolute Gasteiger partial charge is 0.373 e. The van der Waals surface area contributed by atoms with Gasteiger partial charge in [-0.1, -0.05) is 0 Å². The molecule has 0 aliphatic carbocycles. The fourth-order valence-corrected chi connectivity index (χ4v) is 1.18. The minimum atomic E-state index is -0.206. The van der Waals surface area contributed by atoms with Crippen LogP contribution in [0.2, 0.25) is 0 Å². The predicted octanol–water partition coefficient (Wildman–Crippen LogP) is 0.210. The van der Waals surface area contributed by atoms with E-state index in [0.29, 0.717) is 6.54 Å². The number of amides is 1. The maximum atomic E-state index is 11.1. The van der Waals surface area contributed by atoms with Gasteiger partial charge < -0.3 is 10.1 Å². The Labute approximate surface area is 71.9 Å². The number of epoxide rings is 1. The first kappa shape index (κ1) is 8.87. The highest BCUT2D eigenvalue weighted by atomic mass is 32.1. The number of hydrogen-bond acceptors (Lipinski definition) is 3. The maximum Gasteiger partial charge on any atom is 0.232 e. The van der Waals surface area contributed by atoms with Gasteiger partial charge in [-0.2, -0.15) is 12.6 Å². The molecule has 0 aromatic heterocycles. The van der Waals surface area contributed by atoms with Gasteiger partial charge >= 0.3 is 0 Å². The molecule has 0 spiro atoms. The summed E-state index contributed by atoms with van der Waals surface area (Å²) in [5.41, 5.74) is 0. The summed E-state index contributed by atoms with van der Waals surface area (Å²) in [4.78, 5) is 11.1. The van der Waals surface area contributed by atoms with Gasteiger partial charge in [0.15, 0.2) is 0 Å². The van der Waals surface area contributed by atoms with Crippen molar-refractivity contribution in [2.24, 2.45) is 0 Å². The van der Waals surface area contributed by atoms with Crippen LogP contribution in [0.1, 0.15) is 13.3 Å². The summed E-state index contributed by atoms with van der Waals surface area (Å²) >= 11 is 4.15. The summed E-state index contributed by atoms with van der Waals surface area (Å²) in [6.45, 7) is 3.35. The Hall–Kier alpha value is -0.220. The number of nitrogens with one attached hydrogen (secondary N) is 1. The molecule has 4 heteroatoms. The first-order chi connectivity index (χ1) is 5.24. The van der Waals surface area contributed by atoms with Crippen LogP contribution in [-0.2, 0) is 9.53 Å². The van der Waals surface area contributed by atoms with Crippen molar-refractivity contribution in [2.75, 3.05) is 13.2 Å². The summed E-state index contributed by atoms with van der Waals surface area (Å²) in [5, 5.41) is 2.50. The molecule has 11 heavy (non-hydrogen) atoms. The van der Waals surface area contributed by atoms with Gasteiger partial charge in [0.25, 0.3) is 0 Å². The van der Waals surface area contributed by atoms with Crippen molar-refractivity contribution in [1.82, 2.24) is 5.32 Å². The van der Waals surface area contributed by atoms with Gasteiger partial charge in [-0.15, -0.1) is 0 Å². The van der Waals surface area contributed by atoms with Crippen LogP contribution in [0.5, 0.6) is 0 Å². The smallest absolute Gasteiger partial charge is 0.232 e. The van der Waals surface area contributed by atoms with Crippen LogP contribution in [0.15, 0.2) is 0 Å². The standard InChI is InChI=1S/C7H13NO2S/c1-2-8-7(9)6(11)3-5-4-10-5/h5-6,11H,2-4H2,1H3,(H,8,9). The van der Waals surface area contributed by atoms with Crippen molar-refractivity contribution in [1.29, 1.82) is 0 Å². The Bertz CT molecular complexity index is 147. The highest BCUT2D eigenvalue weighted by Gasteiger charge is 2.27. The van der Waals surface area contributed by atoms with Crippen molar-refractivity contribution >= 4 is 18.5 Å². The van der Waals surface area contributed by atoms with Gasteiger partial charge in [0.05, 0.1) is 18.0 Å². The SMILES string of the molecule is CCNC(=O)C(S)CC1CO1. The highest BCUT2D eigenvalue weighted by Crippen LogP contribution is 2.18. The number of carbonyl (C=O) groups excluding carboxylic acids is 1. The Kier molecular flexibility index (Phi) is 3.20. The molecule has 1 aliphatic heterocycles. The van der Waals surface area contributed by atoms with E-state index in [1.807, 2.05) is 6.92 Å². The minimum Gasteiger partial charge on any atom is -0.373 e. The normalized spacial score (nSPS) is 24.4. The zero-order valence-corrected chi connectivity index (χ0v) is 7.43. The van der Waals surface area contributed by atoms with Gasteiger partial charge in [-0.3, -0.25) is 4.79 Å². The molecule has 1 saturated heterocycles. The summed E-state index contributed by atoms with van der Waals surface area (Å²) in [7, 11) is 0. The lowest BCUT2D eigenvalue weighted by molar-refractivity contribution is -0.120. The number of ether oxygens (including phenoxy) is 1. The van der Waals surface area contributed by atoms with Crippen molar-refractivity contribution < 1.29 is 9.53 Å². The van der Waals surface area contributed by atoms with Crippen molar-refractivity contribution in [2.45, 2.75) is 24.7 Å². The van der Waals surface area contributed by atoms with E-state index in [1.165, 1.54) is 0 Å². The van der Waals surface area contributed by atoms with E-state index in [4.69, 9.17) is 4.74 Å². The van der Waals surface area contributed by atoms with Gasteiger partial charge in [0.2, 0.25) is 5.91 Å². The third-order valence-electron chi connectivity index (χ3n) is 1.54. The van der Waals surface area contributed by atoms with Gasteiger partial charge in [0.1, 0.15) is 0 Å². The second-order valence-corrected chi connectivity index (χ2v) is 3.22. The molecule has 2 atom stereocenters. The lowest BCUT2D eigenvalue weighted by Gasteiger charge is -2.07. The Morgan fingerprint density at radius 3 is 3.00 bits per heavy atom. The average molecular weight is 175 g/mol. The fourth-order valence-electron chi connectivity index (χ4n) is 0.852. The van der Waals surface area contributed by atoms with E-state index >= 15 is 0 Å². The molecule has 1 aliphatic rings. The average Bonchev–Trinajstić information content (AvgIpc) is 2.72. The maximum absolute atomic E-state index is 11.1. The van der Waals surface area contributed by atoms with Crippen LogP contribution >= 0.6 is 12.6 Å². The van der Waals surface area contributed by atoms with Crippen molar-refractivity contribution in [3.8, 4) is 0 Å². The summed E-state index contributed by atoms with van der Waals surface area (Å²) < 4.78 is 4.98. The van der Waals surface area contributed by atoms with Crippen LogP contribution < -0.4 is 5.32 Å². The predicted molar refractivity (Wildman–Crippen MR) is 45.8 cm³/mol. The Balaban J connectivity index is 2.15. The third-order valence-corrected chi connectivity index (χ3v) is 1.99. The number of carbonyl (C=O) groups is 1. The Morgan fingerprint density at radius 2 is 2.55 bits per heavy atom. The molecule has 0 aromatic rings. The van der Waals surface area contributed by atoms with Gasteiger partial charge in [0, 0.05) is 6.54 Å². The first-order valence-electron chi connectivity index (χ1n) is 3.81. The van der Waals surface area contributed by atoms with Gasteiger partial charge in [-0.05, 0) is 13.3 Å². The van der Waals surface area contributed by atoms with E-state index in [2.05, 4.69) is 17.9 Å². The van der Waals surface area contributed by atoms with E-state index in [0.717, 1.165) is 13.0 Å². The van der Waals surface area contributed by atoms with Crippen LogP contribution in [0.4, 0.5) is 0 Å². The molecule has 0 saturated carbocycles. The van der Waals surface area contributed by atoms with Crippen LogP contribution in [0.3, 0.4) is 0 Å². The summed E-state index contributed by atoms with van der Waals surface area (Å²) in [6, 6.07) is 0. The van der Waals surface area contributed by atoms with E-state index in [1.54, 1.807) is 0 Å². The molecular weight excluding hydrogens is 162 g/mol. The molecule has 1 fully saturated rings. The summed E-state index contributed by atoms with van der Waals surface area (Å²) in [6.07, 6.45) is 1.01. The lowest BCUT2D eigenvalue weighted by Crippen LogP contribution is -2.31. The van der Waals surface area contributed by atoms with Crippen LogP contribution in [0, 0.1) is 0 Å². The second-order valence-electron chi connectivity index (χ2n) is 2.60. The highest BCUT2D eigenvalue weighted by molar-refractivity contribution is 7.81. The van der Waals surface area contributed by atoms with Crippen molar-refractivity contribution in [3.05, 3.63) is 0 Å². The van der Waals surface area contributed by atoms with Crippen LogP contribution in [-0.4, -0.2) is 30.4 Å². The lowest BCUT2D eigenvalue weighted by atomic mass is 10.2. The van der Waals surface area contributed by atoms with E-state index < -0.39 is 0 Å². The third kappa shape index (κ3) is 3.12. The number of rotatable bonds is 4. The fraction of sp³-hybridized carbons (Fsp3) is 0.857. The molecule has 1 heterocycles. The molecule has 1 N–H and O–H groups in total. The molecule has 1 amide bonds. The zero-order valence-electron chi connectivity index (χ0n) is 6.54. The Morgan fingerprint density at radius 1 is 1.91 bits per heavy atom. The molecule has 3 nitrogen and oxygen atoms in total. The quantitative estimate of drug-likeness (QED) is 0.474. The van der Waals surface area contributed by atoms with E-state index in [9.17, 15) is 4.79 Å². The number of hydrogen-bond donors (Lipinski definition) is 2. The van der Waals surface area contributed by atoms with E-state index in [-0.39, 0.29) is 17.3 Å². The second kappa shape index (κ2) is 3.97. The van der Waals surface area contributed by atoms with Crippen molar-refractivity contribution in [3.63, 3.8) is 0 Å². The zero-order chi connectivity index (χ0) is 8.27. The molecule has 0 bridgehead atoms. The molecule has 1 rings (SSSR count). The molecular formula is C7H13NO2S. The molecule has 2 unspecified atom stereocenters. The summed E-state index contributed by atoms with van der Waals surface area (Å²) in [5.74, 6) is 0.00586. The molecule has 64 valence electrons. The first-order valence-corrected chi connectivity index (χ1v) is 4.33. The number of thiol groups is 1. The van der Waals surface area contributed by atoms with Gasteiger partial charge in [-0.25, -0.2) is 0 Å². The molecule has 0 aromatic carbocycles. The van der Waals surface area contributed by atoms with Crippen LogP contribution in [0.25, 0.3) is 0 Å². The topological polar surface area (TPSA) is 41.6 Å². The minimum absolute atomic E-state index is 0.00586. The molecule has 0 radical (unpaired) electrons.